The molecule has 0 N–H and O–H groups in total. The molecule has 0 saturated heterocycles. The quantitative estimate of drug-likeness (QED) is 0.425. The van der Waals surface area contributed by atoms with Gasteiger partial charge in [0, 0.05) is 25.9 Å². The summed E-state index contributed by atoms with van der Waals surface area (Å²) in [5.41, 5.74) is -1.47. The van der Waals surface area contributed by atoms with Crippen LogP contribution < -0.4 is 11.2 Å². The third-order valence-corrected chi connectivity index (χ3v) is 6.77. The number of aliphatic imine (C=N–C) groups is 1. The van der Waals surface area contributed by atoms with Gasteiger partial charge in [-0.3, -0.25) is 23.7 Å². The zero-order valence-electron chi connectivity index (χ0n) is 19.7. The van der Waals surface area contributed by atoms with E-state index < -0.39 is 48.0 Å². The van der Waals surface area contributed by atoms with E-state index in [0.29, 0.717) is 23.3 Å². The first kappa shape index (κ1) is 26.1. The van der Waals surface area contributed by atoms with E-state index in [4.69, 9.17) is 9.47 Å². The fourth-order valence-electron chi connectivity index (χ4n) is 3.78. The molecule has 0 amide bonds. The second-order valence-electron chi connectivity index (χ2n) is 9.29. The Balaban J connectivity index is 2.04. The molecule has 0 spiro atoms. The van der Waals surface area contributed by atoms with E-state index in [-0.39, 0.29) is 22.9 Å². The minimum atomic E-state index is -4.46. The van der Waals surface area contributed by atoms with Gasteiger partial charge in [-0.25, -0.2) is 4.79 Å². The zero-order chi connectivity index (χ0) is 25.4. The molecule has 0 bridgehead atoms. The van der Waals surface area contributed by atoms with Crippen LogP contribution >= 0.6 is 11.3 Å². The molecule has 12 heteroatoms. The van der Waals surface area contributed by atoms with Gasteiger partial charge in [0.05, 0.1) is 22.8 Å². The lowest BCUT2D eigenvalue weighted by Gasteiger charge is -2.35. The third kappa shape index (κ3) is 5.77. The number of aryl methyl sites for hydroxylation is 2. The molecule has 0 radical (unpaired) electrons. The number of carbonyl (C=O) groups is 1. The van der Waals surface area contributed by atoms with Crippen molar-refractivity contribution in [2.45, 2.75) is 77.4 Å². The highest BCUT2D eigenvalue weighted by molar-refractivity contribution is 7.20. The Labute approximate surface area is 198 Å². The number of nitrogens with zero attached hydrogens (tertiary/aromatic N) is 3. The van der Waals surface area contributed by atoms with Gasteiger partial charge in [-0.05, 0) is 46.1 Å². The molecule has 188 valence electrons. The number of methoxy groups -OCH3 is 1. The maximum absolute atomic E-state index is 13.3. The van der Waals surface area contributed by atoms with E-state index in [0.717, 1.165) is 20.5 Å². The Morgan fingerprint density at radius 2 is 1.88 bits per heavy atom. The van der Waals surface area contributed by atoms with Crippen LogP contribution in [0, 0.1) is 6.92 Å². The zero-order valence-corrected chi connectivity index (χ0v) is 20.5. The van der Waals surface area contributed by atoms with Crippen LogP contribution in [0.1, 0.15) is 56.5 Å². The van der Waals surface area contributed by atoms with Crippen molar-refractivity contribution in [3.05, 3.63) is 31.3 Å². The molecular weight excluding hydrogens is 475 g/mol. The molecular formula is C22H28F3N3O5S. The molecule has 0 atom stereocenters. The summed E-state index contributed by atoms with van der Waals surface area (Å²) in [6.45, 7) is 5.98. The predicted molar refractivity (Wildman–Crippen MR) is 123 cm³/mol. The average Bonchev–Trinajstić information content (AvgIpc) is 2.97. The number of hydrogen-bond acceptors (Lipinski definition) is 7. The predicted octanol–water partition coefficient (Wildman–Crippen LogP) is 3.60. The molecule has 1 fully saturated rings. The maximum atomic E-state index is 13.3. The average molecular weight is 504 g/mol. The Morgan fingerprint density at radius 1 is 1.24 bits per heavy atom. The normalized spacial score (nSPS) is 19.1. The van der Waals surface area contributed by atoms with Crippen LogP contribution in [0.15, 0.2) is 14.6 Å². The van der Waals surface area contributed by atoms with Crippen molar-refractivity contribution in [2.24, 2.45) is 4.99 Å². The van der Waals surface area contributed by atoms with Crippen molar-refractivity contribution < 1.29 is 27.4 Å². The molecule has 1 aliphatic carbocycles. The Kier molecular flexibility index (Phi) is 7.42. The number of carbonyl (C=O) groups excluding carboxylic acids is 1. The van der Waals surface area contributed by atoms with Crippen LogP contribution in [0.25, 0.3) is 10.2 Å². The van der Waals surface area contributed by atoms with Crippen molar-refractivity contribution in [1.82, 2.24) is 9.13 Å². The van der Waals surface area contributed by atoms with Crippen molar-refractivity contribution in [3.63, 3.8) is 0 Å². The lowest BCUT2D eigenvalue weighted by atomic mass is 9.89. The summed E-state index contributed by atoms with van der Waals surface area (Å²) in [5.74, 6) is -0.537. The monoisotopic (exact) mass is 503 g/mol. The van der Waals surface area contributed by atoms with Crippen LogP contribution in [-0.2, 0) is 20.8 Å². The number of thiophene rings is 1. The number of ether oxygens (including phenoxy) is 2. The van der Waals surface area contributed by atoms with E-state index in [9.17, 15) is 27.6 Å². The Hall–Kier alpha value is -2.47. The highest BCUT2D eigenvalue weighted by Gasteiger charge is 2.35. The van der Waals surface area contributed by atoms with Gasteiger partial charge in [0.25, 0.3) is 5.56 Å². The van der Waals surface area contributed by atoms with Gasteiger partial charge in [-0.1, -0.05) is 0 Å². The largest absolute Gasteiger partial charge is 0.459 e. The fraction of sp³-hybridized carbons (Fsp3) is 0.636. The van der Waals surface area contributed by atoms with Crippen molar-refractivity contribution >= 4 is 33.7 Å². The van der Waals surface area contributed by atoms with Gasteiger partial charge < -0.3 is 9.47 Å². The van der Waals surface area contributed by atoms with Crippen LogP contribution in [0.2, 0.25) is 0 Å². The smallest absolute Gasteiger partial charge is 0.390 e. The summed E-state index contributed by atoms with van der Waals surface area (Å²) in [6.07, 6.45) is -3.52. The number of esters is 1. The summed E-state index contributed by atoms with van der Waals surface area (Å²) in [6, 6.07) is -0.435. The van der Waals surface area contributed by atoms with Gasteiger partial charge in [0.15, 0.2) is 0 Å². The highest BCUT2D eigenvalue weighted by atomic mass is 32.1. The van der Waals surface area contributed by atoms with Crippen LogP contribution in [-0.4, -0.2) is 52.9 Å². The first-order chi connectivity index (χ1) is 15.7. The van der Waals surface area contributed by atoms with Gasteiger partial charge in [0.1, 0.15) is 17.0 Å². The lowest BCUT2D eigenvalue weighted by Crippen LogP contribution is -2.47. The second kappa shape index (κ2) is 9.65. The molecule has 0 aromatic carbocycles. The molecule has 3 rings (SSSR count). The maximum Gasteiger partial charge on any atom is 0.390 e. The van der Waals surface area contributed by atoms with Gasteiger partial charge in [0.2, 0.25) is 0 Å². The van der Waals surface area contributed by atoms with E-state index >= 15 is 0 Å². The standard InChI is InChI=1S/C22H28F3N3O5S/c1-12-15(10-26-11-16(29)33-21(2,3)4)34-19-17(12)18(30)28(13-8-14(9-13)32-5)20(31)27(19)7-6-22(23,24)25/h10,13-14H,6-9,11H2,1-5H3. The van der Waals surface area contributed by atoms with Gasteiger partial charge in [-0.2, -0.15) is 13.2 Å². The molecule has 0 unspecified atom stereocenters. The first-order valence-electron chi connectivity index (χ1n) is 10.8. The third-order valence-electron chi connectivity index (χ3n) is 5.52. The van der Waals surface area contributed by atoms with Crippen LogP contribution in [0.5, 0.6) is 0 Å². The van der Waals surface area contributed by atoms with E-state index in [1.54, 1.807) is 27.7 Å². The lowest BCUT2D eigenvalue weighted by molar-refractivity contribution is -0.152. The topological polar surface area (TPSA) is 91.9 Å². The van der Waals surface area contributed by atoms with E-state index in [1.165, 1.54) is 13.3 Å². The molecule has 1 saturated carbocycles. The Bertz CT molecular complexity index is 1210. The molecule has 2 aromatic rings. The Morgan fingerprint density at radius 3 is 2.44 bits per heavy atom. The number of hydrogen-bond donors (Lipinski definition) is 0. The summed E-state index contributed by atoms with van der Waals surface area (Å²) in [7, 11) is 1.53. The number of alkyl halides is 3. The van der Waals surface area contributed by atoms with Gasteiger partial charge in [-0.15, -0.1) is 11.3 Å². The molecule has 2 aromatic heterocycles. The number of aromatic nitrogens is 2. The van der Waals surface area contributed by atoms with Gasteiger partial charge >= 0.3 is 17.8 Å². The van der Waals surface area contributed by atoms with Crippen LogP contribution in [0.4, 0.5) is 13.2 Å². The minimum absolute atomic E-state index is 0.102. The fourth-order valence-corrected chi connectivity index (χ4v) is 4.99. The van der Waals surface area contributed by atoms with Crippen molar-refractivity contribution in [1.29, 1.82) is 0 Å². The SMILES string of the molecule is COC1CC(n2c(=O)c3c(C)c(C=NCC(=O)OC(C)(C)C)sc3n(CCC(F)(F)F)c2=O)C1. The van der Waals surface area contributed by atoms with Crippen molar-refractivity contribution in [3.8, 4) is 0 Å². The highest BCUT2D eigenvalue weighted by Crippen LogP contribution is 2.34. The van der Waals surface area contributed by atoms with E-state index in [2.05, 4.69) is 4.99 Å². The first-order valence-corrected chi connectivity index (χ1v) is 11.6. The number of fused-ring (bicyclic) bond motifs is 1. The summed E-state index contributed by atoms with van der Waals surface area (Å²) in [4.78, 5) is 43.0. The second-order valence-corrected chi connectivity index (χ2v) is 10.3. The summed E-state index contributed by atoms with van der Waals surface area (Å²) >= 11 is 1.00. The summed E-state index contributed by atoms with van der Waals surface area (Å²) in [5, 5.41) is 0.186. The van der Waals surface area contributed by atoms with E-state index in [1.807, 2.05) is 0 Å². The molecule has 1 aliphatic rings. The molecule has 8 nitrogen and oxygen atoms in total. The van der Waals surface area contributed by atoms with Crippen LogP contribution in [0.3, 0.4) is 0 Å². The minimum Gasteiger partial charge on any atom is -0.459 e. The molecule has 34 heavy (non-hydrogen) atoms. The van der Waals surface area contributed by atoms with Crippen molar-refractivity contribution in [2.75, 3.05) is 13.7 Å². The number of rotatable bonds is 7. The number of halogens is 3. The molecule has 0 aliphatic heterocycles. The molecule has 2 heterocycles. The summed E-state index contributed by atoms with van der Waals surface area (Å²) < 4.78 is 51.4.